The van der Waals surface area contributed by atoms with Gasteiger partial charge in [0.15, 0.2) is 0 Å². The van der Waals surface area contributed by atoms with E-state index >= 15 is 0 Å². The number of rotatable bonds is 14. The summed E-state index contributed by atoms with van der Waals surface area (Å²) in [7, 11) is 0. The first-order chi connectivity index (χ1) is 17.2. The normalized spacial score (nSPS) is 12.4. The Hall–Kier alpha value is -2.69. The van der Waals surface area contributed by atoms with Gasteiger partial charge in [0.2, 0.25) is 11.8 Å². The van der Waals surface area contributed by atoms with Crippen LogP contribution in [0.25, 0.3) is 0 Å². The number of ether oxygens (including phenoxy) is 4. The maximum atomic E-state index is 12.5. The monoisotopic (exact) mass is 544 g/mol. The smallest absolute Gasteiger partial charge is 0.311 e. The molecule has 0 atom stereocenters. The molecule has 0 fully saturated rings. The number of hydrogen-bond acceptors (Lipinski definition) is 9. The van der Waals surface area contributed by atoms with Crippen molar-refractivity contribution in [2.75, 3.05) is 46.1 Å². The van der Waals surface area contributed by atoms with E-state index in [9.17, 15) is 24.0 Å². The van der Waals surface area contributed by atoms with Gasteiger partial charge in [0.1, 0.15) is 26.4 Å². The molecule has 0 unspecified atom stereocenters. The largest absolute Gasteiger partial charge is 0.464 e. The average Bonchev–Trinajstić information content (AvgIpc) is 2.77. The summed E-state index contributed by atoms with van der Waals surface area (Å²) in [5, 5.41) is 5.23. The van der Waals surface area contributed by atoms with Gasteiger partial charge in [0.05, 0.1) is 28.3 Å². The van der Waals surface area contributed by atoms with E-state index in [1.807, 2.05) is 0 Å². The molecule has 0 heterocycles. The maximum absolute atomic E-state index is 12.5. The fourth-order valence-electron chi connectivity index (χ4n) is 2.57. The van der Waals surface area contributed by atoms with Crippen molar-refractivity contribution >= 4 is 29.7 Å². The molecule has 0 saturated heterocycles. The molecule has 0 rings (SSSR count). The molecule has 0 bridgehead atoms. The molecule has 0 aliphatic heterocycles. The molecule has 0 saturated carbocycles. The molecule has 2 N–H and O–H groups in total. The summed E-state index contributed by atoms with van der Waals surface area (Å²) in [6.45, 7) is 16.2. The van der Waals surface area contributed by atoms with Crippen LogP contribution >= 0.6 is 0 Å². The van der Waals surface area contributed by atoms with Gasteiger partial charge >= 0.3 is 17.9 Å². The molecule has 220 valence electrons. The van der Waals surface area contributed by atoms with E-state index in [2.05, 4.69) is 10.6 Å². The summed E-state index contributed by atoms with van der Waals surface area (Å²) in [6, 6.07) is 0. The summed E-state index contributed by atoms with van der Waals surface area (Å²) < 4.78 is 22.2. The van der Waals surface area contributed by atoms with Gasteiger partial charge in [-0.15, -0.1) is 0 Å². The second-order valence-corrected chi connectivity index (χ2v) is 12.5. The summed E-state index contributed by atoms with van der Waals surface area (Å²) >= 11 is 0. The Balaban J connectivity index is 5.65. The standard InChI is InChI=1S/C27H48N2O9/c1-11-28-19(30)12-13-29-20(31)14-35-15-27(16-36-21(32)24(2,3)4,17-37-22(33)25(5,6)7)18-38-23(34)26(8,9)10/h11-18H2,1-10H3,(H,28,30)(H,29,31). The van der Waals surface area contributed by atoms with Crippen LogP contribution in [-0.2, 0) is 42.9 Å². The van der Waals surface area contributed by atoms with Gasteiger partial charge in [-0.1, -0.05) is 0 Å². The lowest BCUT2D eigenvalue weighted by Crippen LogP contribution is -2.46. The Bertz CT molecular complexity index is 744. The Morgan fingerprint density at radius 2 is 0.974 bits per heavy atom. The van der Waals surface area contributed by atoms with Gasteiger partial charge in [-0.05, 0) is 69.2 Å². The van der Waals surface area contributed by atoms with E-state index in [-0.39, 0.29) is 51.9 Å². The fourth-order valence-corrected chi connectivity index (χ4v) is 2.57. The Kier molecular flexibility index (Phi) is 14.0. The van der Waals surface area contributed by atoms with Crippen LogP contribution in [-0.4, -0.2) is 75.8 Å². The van der Waals surface area contributed by atoms with Crippen molar-refractivity contribution in [3.05, 3.63) is 0 Å². The molecule has 0 aliphatic rings. The second-order valence-electron chi connectivity index (χ2n) is 12.5. The minimum Gasteiger partial charge on any atom is -0.464 e. The minimum absolute atomic E-state index is 0.123. The first-order valence-electron chi connectivity index (χ1n) is 12.9. The third-order valence-corrected chi connectivity index (χ3v) is 5.06. The van der Waals surface area contributed by atoms with Crippen molar-refractivity contribution in [1.29, 1.82) is 0 Å². The van der Waals surface area contributed by atoms with Crippen LogP contribution in [0.4, 0.5) is 0 Å². The Labute approximate surface area is 227 Å². The summed E-state index contributed by atoms with van der Waals surface area (Å²) in [5.74, 6) is -2.17. The van der Waals surface area contributed by atoms with Crippen molar-refractivity contribution < 1.29 is 42.9 Å². The van der Waals surface area contributed by atoms with Crippen molar-refractivity contribution in [3.63, 3.8) is 0 Å². The topological polar surface area (TPSA) is 146 Å². The van der Waals surface area contributed by atoms with E-state index in [1.165, 1.54) is 0 Å². The molecule has 11 heteroatoms. The van der Waals surface area contributed by atoms with Gasteiger partial charge in [0, 0.05) is 19.5 Å². The van der Waals surface area contributed by atoms with Crippen LogP contribution in [0.3, 0.4) is 0 Å². The van der Waals surface area contributed by atoms with Crippen LogP contribution in [0.1, 0.15) is 75.7 Å². The number of hydrogen-bond donors (Lipinski definition) is 2. The van der Waals surface area contributed by atoms with Gasteiger partial charge in [-0.2, -0.15) is 0 Å². The lowest BCUT2D eigenvalue weighted by molar-refractivity contribution is -0.177. The molecule has 0 aromatic rings. The average molecular weight is 545 g/mol. The number of nitrogens with one attached hydrogen (secondary N) is 2. The number of carbonyl (C=O) groups excluding carboxylic acids is 5. The summed E-state index contributed by atoms with van der Waals surface area (Å²) in [6.07, 6.45) is 0.123. The molecular formula is C27H48N2O9. The second kappa shape index (κ2) is 15.0. The third-order valence-electron chi connectivity index (χ3n) is 5.06. The number of amides is 2. The van der Waals surface area contributed by atoms with Gasteiger partial charge < -0.3 is 29.6 Å². The van der Waals surface area contributed by atoms with Crippen molar-refractivity contribution in [2.24, 2.45) is 21.7 Å². The molecule has 0 aliphatic carbocycles. The first kappa shape index (κ1) is 35.3. The quantitative estimate of drug-likeness (QED) is 0.249. The van der Waals surface area contributed by atoms with Crippen molar-refractivity contribution in [1.82, 2.24) is 10.6 Å². The molecule has 0 radical (unpaired) electrons. The molecular weight excluding hydrogens is 496 g/mol. The molecule has 2 amide bonds. The highest BCUT2D eigenvalue weighted by Gasteiger charge is 2.40. The minimum atomic E-state index is -1.27. The number of carbonyl (C=O) groups is 5. The number of esters is 3. The van der Waals surface area contributed by atoms with Crippen LogP contribution in [0.5, 0.6) is 0 Å². The zero-order valence-electron chi connectivity index (χ0n) is 24.8. The van der Waals surface area contributed by atoms with E-state index in [4.69, 9.17) is 18.9 Å². The lowest BCUT2D eigenvalue weighted by atomic mass is 9.90. The molecule has 0 spiro atoms. The van der Waals surface area contributed by atoms with Crippen LogP contribution in [0.15, 0.2) is 0 Å². The van der Waals surface area contributed by atoms with Gasteiger partial charge in [-0.25, -0.2) is 0 Å². The predicted molar refractivity (Wildman–Crippen MR) is 141 cm³/mol. The maximum Gasteiger partial charge on any atom is 0.311 e. The molecule has 0 aromatic carbocycles. The van der Waals surface area contributed by atoms with E-state index < -0.39 is 45.5 Å². The first-order valence-corrected chi connectivity index (χ1v) is 12.9. The predicted octanol–water partition coefficient (Wildman–Crippen LogP) is 2.40. The van der Waals surface area contributed by atoms with Crippen molar-refractivity contribution in [3.8, 4) is 0 Å². The highest BCUT2D eigenvalue weighted by molar-refractivity contribution is 5.79. The van der Waals surface area contributed by atoms with Gasteiger partial charge in [-0.3, -0.25) is 24.0 Å². The van der Waals surface area contributed by atoms with Crippen LogP contribution in [0, 0.1) is 21.7 Å². The van der Waals surface area contributed by atoms with Crippen LogP contribution < -0.4 is 10.6 Å². The highest BCUT2D eigenvalue weighted by Crippen LogP contribution is 2.27. The third kappa shape index (κ3) is 14.3. The SMILES string of the molecule is CCNC(=O)CCNC(=O)COCC(COC(=O)C(C)(C)C)(COC(=O)C(C)(C)C)COC(=O)C(C)(C)C. The summed E-state index contributed by atoms with van der Waals surface area (Å²) in [4.78, 5) is 61.4. The zero-order valence-corrected chi connectivity index (χ0v) is 24.8. The van der Waals surface area contributed by atoms with E-state index in [1.54, 1.807) is 69.2 Å². The van der Waals surface area contributed by atoms with E-state index in [0.717, 1.165) is 0 Å². The van der Waals surface area contributed by atoms with Crippen LogP contribution in [0.2, 0.25) is 0 Å². The molecule has 38 heavy (non-hydrogen) atoms. The van der Waals surface area contributed by atoms with Crippen molar-refractivity contribution in [2.45, 2.75) is 75.7 Å². The zero-order chi connectivity index (χ0) is 29.8. The van der Waals surface area contributed by atoms with E-state index in [0.29, 0.717) is 6.54 Å². The van der Waals surface area contributed by atoms with Gasteiger partial charge in [0.25, 0.3) is 0 Å². The summed E-state index contributed by atoms with van der Waals surface area (Å²) in [5.41, 5.74) is -3.69. The molecule has 0 aromatic heterocycles. The Morgan fingerprint density at radius 3 is 1.32 bits per heavy atom. The highest BCUT2D eigenvalue weighted by atomic mass is 16.6. The fraction of sp³-hybridized carbons (Fsp3) is 0.815. The molecule has 11 nitrogen and oxygen atoms in total. The Morgan fingerprint density at radius 1 is 0.579 bits per heavy atom. The lowest BCUT2D eigenvalue weighted by Gasteiger charge is -2.34.